The Hall–Kier alpha value is -2.06. The highest BCUT2D eigenvalue weighted by molar-refractivity contribution is 7.14. The smallest absolute Gasteiger partial charge is 0.310 e. The van der Waals surface area contributed by atoms with Gasteiger partial charge in [0.05, 0.1) is 18.1 Å². The maximum absolute atomic E-state index is 10.9. The third-order valence-corrected chi connectivity index (χ3v) is 4.10. The number of nitrogens with zero attached hydrogens (tertiary/aromatic N) is 3. The van der Waals surface area contributed by atoms with Gasteiger partial charge in [-0.15, -0.1) is 10.2 Å². The van der Waals surface area contributed by atoms with E-state index in [2.05, 4.69) is 15.5 Å². The van der Waals surface area contributed by atoms with Crippen LogP contribution in [0.5, 0.6) is 5.75 Å². The predicted molar refractivity (Wildman–Crippen MR) is 80.6 cm³/mol. The van der Waals surface area contributed by atoms with E-state index in [9.17, 15) is 10.1 Å². The second-order valence-electron chi connectivity index (χ2n) is 4.37. The fourth-order valence-electron chi connectivity index (χ4n) is 1.88. The van der Waals surface area contributed by atoms with Crippen LogP contribution < -0.4 is 10.1 Å². The van der Waals surface area contributed by atoms with Gasteiger partial charge in [0.15, 0.2) is 5.75 Å². The summed E-state index contributed by atoms with van der Waals surface area (Å²) < 4.78 is 5.06. The lowest BCUT2D eigenvalue weighted by Gasteiger charge is -2.06. The molecule has 2 rings (SSSR count). The van der Waals surface area contributed by atoms with Crippen molar-refractivity contribution in [2.45, 2.75) is 19.9 Å². The summed E-state index contributed by atoms with van der Waals surface area (Å²) in [6.07, 6.45) is 0. The molecule has 112 valence electrons. The van der Waals surface area contributed by atoms with Crippen LogP contribution >= 0.6 is 11.3 Å². The van der Waals surface area contributed by atoms with Crippen LogP contribution in [0.4, 0.5) is 5.69 Å². The Kier molecular flexibility index (Phi) is 4.81. The van der Waals surface area contributed by atoms with E-state index in [0.717, 1.165) is 17.1 Å². The molecule has 21 heavy (non-hydrogen) atoms. The third-order valence-electron chi connectivity index (χ3n) is 2.94. The average Bonchev–Trinajstić information content (AvgIpc) is 2.96. The molecule has 0 amide bonds. The van der Waals surface area contributed by atoms with E-state index in [1.165, 1.54) is 24.5 Å². The van der Waals surface area contributed by atoms with Crippen molar-refractivity contribution in [2.75, 3.05) is 13.7 Å². The van der Waals surface area contributed by atoms with E-state index in [1.807, 2.05) is 13.8 Å². The number of nitrogens with one attached hydrogen (secondary N) is 1. The van der Waals surface area contributed by atoms with E-state index in [1.54, 1.807) is 12.1 Å². The first-order valence-electron chi connectivity index (χ1n) is 6.46. The zero-order chi connectivity index (χ0) is 15.4. The Bertz CT molecular complexity index is 644. The Labute approximate surface area is 126 Å². The van der Waals surface area contributed by atoms with Crippen LogP contribution in [0.15, 0.2) is 18.2 Å². The molecule has 2 aromatic rings. The molecule has 0 aliphatic carbocycles. The molecule has 0 saturated carbocycles. The number of benzene rings is 1. The SMILES string of the molecule is CCNC(C)c1nnc(-c2ccc([N+](=O)[O-])c(OC)c2)s1. The summed E-state index contributed by atoms with van der Waals surface area (Å²) in [7, 11) is 1.41. The van der Waals surface area contributed by atoms with Crippen LogP contribution in [0.2, 0.25) is 0 Å². The summed E-state index contributed by atoms with van der Waals surface area (Å²) >= 11 is 1.46. The molecule has 0 radical (unpaired) electrons. The minimum absolute atomic E-state index is 0.0630. The van der Waals surface area contributed by atoms with Crippen molar-refractivity contribution >= 4 is 17.0 Å². The molecule has 1 heterocycles. The van der Waals surface area contributed by atoms with Gasteiger partial charge in [0.25, 0.3) is 0 Å². The molecule has 1 aromatic carbocycles. The standard InChI is InChI=1S/C13H16N4O3S/c1-4-14-8(2)12-15-16-13(21-12)9-5-6-10(17(18)19)11(7-9)20-3/h5-8,14H,4H2,1-3H3. The molecule has 0 bridgehead atoms. The normalized spacial score (nSPS) is 12.1. The Morgan fingerprint density at radius 1 is 1.48 bits per heavy atom. The maximum atomic E-state index is 10.9. The fourth-order valence-corrected chi connectivity index (χ4v) is 2.75. The molecular weight excluding hydrogens is 292 g/mol. The van der Waals surface area contributed by atoms with Gasteiger partial charge >= 0.3 is 5.69 Å². The molecular formula is C13H16N4O3S. The first-order valence-corrected chi connectivity index (χ1v) is 7.28. The Balaban J connectivity index is 2.32. The first kappa shape index (κ1) is 15.3. The largest absolute Gasteiger partial charge is 0.490 e. The maximum Gasteiger partial charge on any atom is 0.310 e. The molecule has 0 saturated heterocycles. The van der Waals surface area contributed by atoms with E-state index in [0.29, 0.717) is 5.01 Å². The van der Waals surface area contributed by atoms with Crippen LogP contribution in [0.1, 0.15) is 24.9 Å². The van der Waals surface area contributed by atoms with Gasteiger partial charge in [-0.1, -0.05) is 18.3 Å². The Morgan fingerprint density at radius 2 is 2.24 bits per heavy atom. The van der Waals surface area contributed by atoms with Crippen molar-refractivity contribution < 1.29 is 9.66 Å². The van der Waals surface area contributed by atoms with Crippen molar-refractivity contribution in [1.29, 1.82) is 0 Å². The molecule has 7 nitrogen and oxygen atoms in total. The van der Waals surface area contributed by atoms with E-state index < -0.39 is 4.92 Å². The highest BCUT2D eigenvalue weighted by atomic mass is 32.1. The minimum Gasteiger partial charge on any atom is -0.490 e. The number of hydrogen-bond acceptors (Lipinski definition) is 7. The molecule has 1 atom stereocenters. The molecule has 0 fully saturated rings. The molecule has 1 N–H and O–H groups in total. The number of aromatic nitrogens is 2. The van der Waals surface area contributed by atoms with Gasteiger partial charge in [0, 0.05) is 11.6 Å². The van der Waals surface area contributed by atoms with Gasteiger partial charge in [-0.05, 0) is 25.6 Å². The molecule has 8 heteroatoms. The lowest BCUT2D eigenvalue weighted by Crippen LogP contribution is -2.17. The number of rotatable bonds is 6. The summed E-state index contributed by atoms with van der Waals surface area (Å²) in [5.41, 5.74) is 0.692. The highest BCUT2D eigenvalue weighted by Crippen LogP contribution is 2.34. The van der Waals surface area contributed by atoms with Gasteiger partial charge in [0.2, 0.25) is 0 Å². The first-order chi connectivity index (χ1) is 10.1. The second kappa shape index (κ2) is 6.59. The number of nitro benzene ring substituents is 1. The quantitative estimate of drug-likeness (QED) is 0.652. The number of methoxy groups -OCH3 is 1. The van der Waals surface area contributed by atoms with Crippen molar-refractivity contribution in [3.63, 3.8) is 0 Å². The van der Waals surface area contributed by atoms with E-state index in [-0.39, 0.29) is 17.5 Å². The number of ether oxygens (including phenoxy) is 1. The summed E-state index contributed by atoms with van der Waals surface area (Å²) in [6.45, 7) is 4.89. The van der Waals surface area contributed by atoms with E-state index >= 15 is 0 Å². The molecule has 1 aromatic heterocycles. The lowest BCUT2D eigenvalue weighted by molar-refractivity contribution is -0.385. The van der Waals surface area contributed by atoms with Crippen molar-refractivity contribution in [3.8, 4) is 16.3 Å². The average molecular weight is 308 g/mol. The summed E-state index contributed by atoms with van der Waals surface area (Å²) in [5.74, 6) is 0.217. The molecule has 0 aliphatic rings. The molecule has 1 unspecified atom stereocenters. The molecule has 0 aliphatic heterocycles. The minimum atomic E-state index is -0.471. The lowest BCUT2D eigenvalue weighted by atomic mass is 10.2. The van der Waals surface area contributed by atoms with Gasteiger partial charge in [0.1, 0.15) is 10.0 Å². The van der Waals surface area contributed by atoms with Gasteiger partial charge < -0.3 is 10.1 Å². The van der Waals surface area contributed by atoms with Gasteiger partial charge in [-0.3, -0.25) is 10.1 Å². The molecule has 0 spiro atoms. The van der Waals surface area contributed by atoms with Crippen molar-refractivity contribution in [3.05, 3.63) is 33.3 Å². The second-order valence-corrected chi connectivity index (χ2v) is 5.38. The zero-order valence-electron chi connectivity index (χ0n) is 12.0. The summed E-state index contributed by atoms with van der Waals surface area (Å²) in [6, 6.07) is 4.81. The monoisotopic (exact) mass is 308 g/mol. The van der Waals surface area contributed by atoms with Crippen LogP contribution in [-0.2, 0) is 0 Å². The van der Waals surface area contributed by atoms with Gasteiger partial charge in [-0.2, -0.15) is 0 Å². The Morgan fingerprint density at radius 3 is 2.86 bits per heavy atom. The van der Waals surface area contributed by atoms with Crippen LogP contribution in [-0.4, -0.2) is 28.8 Å². The topological polar surface area (TPSA) is 90.2 Å². The van der Waals surface area contributed by atoms with E-state index in [4.69, 9.17) is 4.74 Å². The van der Waals surface area contributed by atoms with Crippen LogP contribution in [0.3, 0.4) is 0 Å². The van der Waals surface area contributed by atoms with Crippen molar-refractivity contribution in [1.82, 2.24) is 15.5 Å². The zero-order valence-corrected chi connectivity index (χ0v) is 12.8. The fraction of sp³-hybridized carbons (Fsp3) is 0.385. The van der Waals surface area contributed by atoms with Gasteiger partial charge in [-0.25, -0.2) is 0 Å². The van der Waals surface area contributed by atoms with Crippen LogP contribution in [0, 0.1) is 10.1 Å². The third kappa shape index (κ3) is 3.34. The number of hydrogen-bond donors (Lipinski definition) is 1. The summed E-state index contributed by atoms with van der Waals surface area (Å²) in [4.78, 5) is 10.4. The van der Waals surface area contributed by atoms with Crippen molar-refractivity contribution in [2.24, 2.45) is 0 Å². The summed E-state index contributed by atoms with van der Waals surface area (Å²) in [5, 5.41) is 24.0. The number of nitro groups is 1. The van der Waals surface area contributed by atoms with Crippen LogP contribution in [0.25, 0.3) is 10.6 Å². The predicted octanol–water partition coefficient (Wildman–Crippen LogP) is 2.79. The highest BCUT2D eigenvalue weighted by Gasteiger charge is 2.18.